The molecule has 0 radical (unpaired) electrons. The summed E-state index contributed by atoms with van der Waals surface area (Å²) in [4.78, 5) is 20.3. The van der Waals surface area contributed by atoms with Crippen LogP contribution in [0, 0.1) is 10.8 Å². The van der Waals surface area contributed by atoms with E-state index in [4.69, 9.17) is 13.5 Å². The van der Waals surface area contributed by atoms with Gasteiger partial charge in [0.2, 0.25) is 0 Å². The Morgan fingerprint density at radius 2 is 0.885 bits per heavy atom. The normalized spacial score (nSPS) is 10.8. The number of carbonyl (C=O) groups is 2. The third-order valence-corrected chi connectivity index (χ3v) is 3.63. The van der Waals surface area contributed by atoms with E-state index >= 15 is 0 Å². The quantitative estimate of drug-likeness (QED) is 0.341. The summed E-state index contributed by atoms with van der Waals surface area (Å²) >= 11 is 0.750. The van der Waals surface area contributed by atoms with E-state index in [9.17, 15) is 9.59 Å². The van der Waals surface area contributed by atoms with Crippen molar-refractivity contribution in [2.24, 2.45) is 10.8 Å². The molecule has 0 saturated carbocycles. The van der Waals surface area contributed by atoms with Crippen molar-refractivity contribution in [1.82, 2.24) is 0 Å². The van der Waals surface area contributed by atoms with Crippen LogP contribution in [0.1, 0.15) is 106 Å². The first-order valence-electron chi connectivity index (χ1n) is 9.47. The molecule has 0 amide bonds. The van der Waals surface area contributed by atoms with Gasteiger partial charge in [0.1, 0.15) is 0 Å². The van der Waals surface area contributed by atoms with Crippen molar-refractivity contribution in [2.75, 3.05) is 0 Å². The molecule has 5 nitrogen and oxygen atoms in total. The molecule has 6 heteroatoms. The van der Waals surface area contributed by atoms with E-state index in [0.717, 1.165) is 58.9 Å². The molecule has 0 aromatic rings. The Labute approximate surface area is 172 Å². The molecule has 0 bridgehead atoms. The first kappa shape index (κ1) is 30.2. The van der Waals surface area contributed by atoms with Crippen LogP contribution >= 0.6 is 0 Å². The third-order valence-electron chi connectivity index (χ3n) is 3.63. The summed E-state index contributed by atoms with van der Waals surface area (Å²) in [6.45, 7) is 13.3. The second-order valence-electron chi connectivity index (χ2n) is 9.03. The molecule has 26 heavy (non-hydrogen) atoms. The fourth-order valence-corrected chi connectivity index (χ4v) is 2.22. The molecule has 0 aromatic heterocycles. The van der Waals surface area contributed by atoms with Crippen LogP contribution in [0.2, 0.25) is 0 Å². The number of hydrogen-bond acceptors (Lipinski definition) is 3. The maximum absolute atomic E-state index is 10.2. The monoisotopic (exact) mass is 408 g/mol. The van der Waals surface area contributed by atoms with Crippen molar-refractivity contribution in [1.29, 1.82) is 0 Å². The number of unbranched alkanes of at least 4 members (excludes halogenated alkanes) is 4. The Bertz CT molecular complexity index is 322. The van der Waals surface area contributed by atoms with Crippen molar-refractivity contribution in [3.63, 3.8) is 0 Å². The van der Waals surface area contributed by atoms with Gasteiger partial charge in [-0.25, -0.2) is 0 Å². The molecule has 0 heterocycles. The van der Waals surface area contributed by atoms with Crippen LogP contribution < -0.4 is 0 Å². The van der Waals surface area contributed by atoms with E-state index in [1.54, 1.807) is 0 Å². The molecular weight excluding hydrogens is 368 g/mol. The number of carboxylic acid groups (broad SMARTS) is 2. The minimum atomic E-state index is -0.675. The predicted molar refractivity (Wildman–Crippen MR) is 101 cm³/mol. The molecule has 0 aliphatic heterocycles. The summed E-state index contributed by atoms with van der Waals surface area (Å²) in [6, 6.07) is 0. The van der Waals surface area contributed by atoms with Crippen molar-refractivity contribution in [3.8, 4) is 0 Å². The molecule has 0 atom stereocenters. The molecule has 0 fully saturated rings. The second kappa shape index (κ2) is 17.8. The number of carboxylic acids is 2. The van der Waals surface area contributed by atoms with Gasteiger partial charge in [0.25, 0.3) is 0 Å². The zero-order chi connectivity index (χ0) is 21.2. The average molecular weight is 408 g/mol. The fraction of sp³-hybridized carbons (Fsp3) is 0.900. The maximum atomic E-state index is 10.2. The molecule has 0 aliphatic rings. The number of rotatable bonds is 10. The van der Waals surface area contributed by atoms with Crippen LogP contribution in [-0.2, 0) is 33.3 Å². The molecule has 154 valence electrons. The van der Waals surface area contributed by atoms with Gasteiger partial charge in [-0.2, -0.15) is 0 Å². The topological polar surface area (TPSA) is 91.7 Å². The Morgan fingerprint density at radius 1 is 0.615 bits per heavy atom. The summed E-state index contributed by atoms with van der Waals surface area (Å²) < 4.78 is 8.25. The van der Waals surface area contributed by atoms with Gasteiger partial charge in [0, 0.05) is 12.8 Å². The standard InChI is InChI=1S/2C10H20O2.O.Ti/c2*1-10(2,3)8-6-4-5-7-9(11)12;;/h2*4-8H2,1-3H3,(H,11,12);;. The van der Waals surface area contributed by atoms with Gasteiger partial charge in [0.15, 0.2) is 0 Å². The van der Waals surface area contributed by atoms with Crippen LogP contribution in [-0.4, -0.2) is 22.2 Å². The SMILES string of the molecule is CC(C)(C)CCCCCC(=O)O.CC(C)(C)CCCCCC(=O)O.[O]=[Ti]. The van der Waals surface area contributed by atoms with E-state index in [-0.39, 0.29) is 0 Å². The molecule has 0 rings (SSSR count). The number of hydrogen-bond donors (Lipinski definition) is 2. The van der Waals surface area contributed by atoms with Crippen LogP contribution in [0.25, 0.3) is 0 Å². The Kier molecular flexibility index (Phi) is 20.7. The summed E-state index contributed by atoms with van der Waals surface area (Å²) in [5.41, 5.74) is 0.784. The van der Waals surface area contributed by atoms with Gasteiger partial charge in [-0.05, 0) is 36.5 Å². The summed E-state index contributed by atoms with van der Waals surface area (Å²) in [5, 5.41) is 16.7. The fourth-order valence-electron chi connectivity index (χ4n) is 2.22. The molecule has 0 spiro atoms. The Morgan fingerprint density at radius 3 is 1.08 bits per heavy atom. The van der Waals surface area contributed by atoms with E-state index in [1.807, 2.05) is 0 Å². The van der Waals surface area contributed by atoms with Crippen LogP contribution in [0.4, 0.5) is 0 Å². The van der Waals surface area contributed by atoms with E-state index < -0.39 is 11.9 Å². The van der Waals surface area contributed by atoms with Crippen molar-refractivity contribution in [3.05, 3.63) is 0 Å². The second-order valence-corrected chi connectivity index (χ2v) is 9.03. The predicted octanol–water partition coefficient (Wildman–Crippen LogP) is 6.01. The first-order chi connectivity index (χ1) is 11.8. The van der Waals surface area contributed by atoms with E-state index in [2.05, 4.69) is 41.5 Å². The van der Waals surface area contributed by atoms with Crippen LogP contribution in [0.3, 0.4) is 0 Å². The van der Waals surface area contributed by atoms with Crippen LogP contribution in [0.15, 0.2) is 0 Å². The average Bonchev–Trinajstić information content (AvgIpc) is 2.46. The van der Waals surface area contributed by atoms with Crippen LogP contribution in [0.5, 0.6) is 0 Å². The first-order valence-corrected chi connectivity index (χ1v) is 10.1. The van der Waals surface area contributed by atoms with Gasteiger partial charge in [-0.15, -0.1) is 0 Å². The van der Waals surface area contributed by atoms with Gasteiger partial charge in [-0.3, -0.25) is 9.59 Å². The molecule has 0 aromatic carbocycles. The molecule has 0 saturated heterocycles. The molecule has 0 unspecified atom stereocenters. The third kappa shape index (κ3) is 38.8. The summed E-state index contributed by atoms with van der Waals surface area (Å²) in [6.07, 6.45) is 9.06. The van der Waals surface area contributed by atoms with Gasteiger partial charge < -0.3 is 10.2 Å². The zero-order valence-corrected chi connectivity index (χ0v) is 19.3. The molecular formula is C20H40O5Ti. The molecule has 2 N–H and O–H groups in total. The summed E-state index contributed by atoms with van der Waals surface area (Å²) in [7, 11) is 0. The zero-order valence-electron chi connectivity index (χ0n) is 17.7. The molecule has 0 aliphatic carbocycles. The number of aliphatic carboxylic acids is 2. The Hall–Kier alpha value is -0.546. The van der Waals surface area contributed by atoms with Gasteiger partial charge >= 0.3 is 35.7 Å². The van der Waals surface area contributed by atoms with Gasteiger partial charge in [0.05, 0.1) is 0 Å². The van der Waals surface area contributed by atoms with Crippen molar-refractivity contribution < 1.29 is 43.5 Å². The van der Waals surface area contributed by atoms with E-state index in [0.29, 0.717) is 23.7 Å². The summed E-state index contributed by atoms with van der Waals surface area (Å²) in [5.74, 6) is -1.35. The minimum absolute atomic E-state index is 0.324. The van der Waals surface area contributed by atoms with Gasteiger partial charge in [-0.1, -0.05) is 67.2 Å². The van der Waals surface area contributed by atoms with Crippen molar-refractivity contribution in [2.45, 2.75) is 106 Å². The van der Waals surface area contributed by atoms with E-state index in [1.165, 1.54) is 12.8 Å². The van der Waals surface area contributed by atoms with Crippen molar-refractivity contribution >= 4 is 11.9 Å². The Balaban J connectivity index is -0.000000371.